The van der Waals surface area contributed by atoms with Crippen LogP contribution in [0.1, 0.15) is 42.4 Å². The molecule has 0 spiro atoms. The maximum absolute atomic E-state index is 14.8. The number of ether oxygens (including phenoxy) is 2. The molecule has 6 N–H and O–H groups in total. The molecule has 0 saturated heterocycles. The third-order valence-electron chi connectivity index (χ3n) is 8.02. The van der Waals surface area contributed by atoms with Crippen LogP contribution in [0.25, 0.3) is 22.2 Å². The summed E-state index contributed by atoms with van der Waals surface area (Å²) in [4.78, 5) is 46.0. The molecule has 246 valence electrons. The lowest BCUT2D eigenvalue weighted by Gasteiger charge is -2.31. The van der Waals surface area contributed by atoms with Crippen molar-refractivity contribution in [2.75, 3.05) is 13.2 Å². The van der Waals surface area contributed by atoms with Crippen LogP contribution in [-0.4, -0.2) is 57.7 Å². The molecule has 0 radical (unpaired) electrons. The zero-order valence-electron chi connectivity index (χ0n) is 25.2. The minimum Gasteiger partial charge on any atom is -0.489 e. The number of nitrogens with two attached hydrogens (primary N) is 2. The molecule has 3 heterocycles. The second-order valence-corrected chi connectivity index (χ2v) is 11.8. The summed E-state index contributed by atoms with van der Waals surface area (Å²) in [6.07, 6.45) is -3.98. The zero-order valence-corrected chi connectivity index (χ0v) is 25.2. The number of primary amides is 2. The molecule has 4 aromatic rings. The van der Waals surface area contributed by atoms with Crippen molar-refractivity contribution in [1.29, 1.82) is 0 Å². The van der Waals surface area contributed by atoms with Crippen LogP contribution >= 0.6 is 0 Å². The number of carbonyl (C=O) groups is 3. The minimum absolute atomic E-state index is 0.0434. The van der Waals surface area contributed by atoms with Crippen LogP contribution in [0.4, 0.5) is 17.6 Å². The zero-order chi connectivity index (χ0) is 34.5. The van der Waals surface area contributed by atoms with Gasteiger partial charge in [0.1, 0.15) is 40.5 Å². The van der Waals surface area contributed by atoms with Crippen LogP contribution < -0.4 is 26.3 Å². The first-order valence-corrected chi connectivity index (χ1v) is 14.1. The summed E-state index contributed by atoms with van der Waals surface area (Å²) in [5.74, 6) is -3.53. The molecular weight excluding hydrogens is 626 g/mol. The van der Waals surface area contributed by atoms with Gasteiger partial charge < -0.3 is 31.4 Å². The van der Waals surface area contributed by atoms with E-state index in [2.05, 4.69) is 15.3 Å². The SMILES string of the molecule is CC(C)(Oc1cc(C(=O)NC[C@](O)(c2cc3c(c(-c4ccc(F)cc4)n2)OC[C@]3(C)C(N)=O)C(F)(F)F)cc2cccnc12)C(N)=O. The van der Waals surface area contributed by atoms with E-state index in [0.717, 1.165) is 18.2 Å². The first kappa shape index (κ1) is 33.1. The Morgan fingerprint density at radius 2 is 1.77 bits per heavy atom. The van der Waals surface area contributed by atoms with Crippen molar-refractivity contribution in [3.8, 4) is 22.8 Å². The van der Waals surface area contributed by atoms with E-state index in [1.165, 1.54) is 51.2 Å². The first-order chi connectivity index (χ1) is 21.9. The molecule has 0 saturated carbocycles. The largest absolute Gasteiger partial charge is 0.489 e. The van der Waals surface area contributed by atoms with E-state index in [-0.39, 0.29) is 46.0 Å². The Kier molecular flexibility index (Phi) is 8.08. The lowest BCUT2D eigenvalue weighted by atomic mass is 9.81. The summed E-state index contributed by atoms with van der Waals surface area (Å²) in [6, 6.07) is 11.1. The molecule has 3 amide bonds. The molecule has 0 unspecified atom stereocenters. The topological polar surface area (TPSA) is 180 Å². The van der Waals surface area contributed by atoms with Crippen LogP contribution in [0.5, 0.6) is 11.5 Å². The van der Waals surface area contributed by atoms with E-state index in [1.807, 2.05) is 0 Å². The highest BCUT2D eigenvalue weighted by Gasteiger charge is 2.57. The molecule has 0 bridgehead atoms. The van der Waals surface area contributed by atoms with Crippen LogP contribution in [0.2, 0.25) is 0 Å². The number of fused-ring (bicyclic) bond motifs is 2. The lowest BCUT2D eigenvalue weighted by molar-refractivity contribution is -0.265. The van der Waals surface area contributed by atoms with Gasteiger partial charge in [0.25, 0.3) is 11.8 Å². The number of pyridine rings is 2. The Morgan fingerprint density at radius 1 is 1.09 bits per heavy atom. The Morgan fingerprint density at radius 3 is 2.38 bits per heavy atom. The number of nitrogens with zero attached hydrogens (tertiary/aromatic N) is 2. The van der Waals surface area contributed by atoms with Gasteiger partial charge in [0.05, 0.1) is 12.2 Å². The van der Waals surface area contributed by atoms with Crippen LogP contribution in [0.3, 0.4) is 0 Å². The number of hydrogen-bond acceptors (Lipinski definition) is 8. The summed E-state index contributed by atoms with van der Waals surface area (Å²) < 4.78 is 69.5. The number of hydrogen-bond donors (Lipinski definition) is 4. The highest BCUT2D eigenvalue weighted by atomic mass is 19.4. The molecule has 2 aromatic heterocycles. The van der Waals surface area contributed by atoms with Gasteiger partial charge in [-0.2, -0.15) is 13.2 Å². The molecule has 2 aromatic carbocycles. The van der Waals surface area contributed by atoms with Crippen molar-refractivity contribution in [1.82, 2.24) is 15.3 Å². The fourth-order valence-electron chi connectivity index (χ4n) is 4.94. The molecule has 47 heavy (non-hydrogen) atoms. The molecule has 5 rings (SSSR count). The molecule has 2 atom stereocenters. The summed E-state index contributed by atoms with van der Waals surface area (Å²) in [5, 5.41) is 13.8. The van der Waals surface area contributed by atoms with Gasteiger partial charge in [-0.15, -0.1) is 0 Å². The number of aliphatic hydroxyl groups is 1. The standard InChI is InChI=1S/C32H29F4N5O6/c1-29(2,27(37)43)47-21-12-18(11-17-5-4-10-39-23(17)21)26(42)40-14-31(45,32(34,35)36)22-13-20-25(46-15-30(20,3)28(38)44)24(41-22)16-6-8-19(33)9-7-16/h4-13,45H,14-15H2,1-3H3,(H2,37,43)(H2,38,44)(H,40,42)/t30-,31-/m0/s1. The van der Waals surface area contributed by atoms with Gasteiger partial charge >= 0.3 is 6.18 Å². The highest BCUT2D eigenvalue weighted by molar-refractivity contribution is 6.00. The number of aromatic nitrogens is 2. The quantitative estimate of drug-likeness (QED) is 0.198. The van der Waals surface area contributed by atoms with Gasteiger partial charge in [0.15, 0.2) is 5.60 Å². The number of rotatable bonds is 9. The molecule has 0 aliphatic carbocycles. The summed E-state index contributed by atoms with van der Waals surface area (Å²) >= 11 is 0. The van der Waals surface area contributed by atoms with E-state index in [0.29, 0.717) is 5.39 Å². The summed E-state index contributed by atoms with van der Waals surface area (Å²) in [7, 11) is 0. The van der Waals surface area contributed by atoms with Crippen LogP contribution in [-0.2, 0) is 20.6 Å². The van der Waals surface area contributed by atoms with E-state index >= 15 is 0 Å². The fraction of sp³-hybridized carbons (Fsp3) is 0.281. The van der Waals surface area contributed by atoms with E-state index in [4.69, 9.17) is 20.9 Å². The van der Waals surface area contributed by atoms with E-state index in [1.54, 1.807) is 12.1 Å². The average Bonchev–Trinajstić information content (AvgIpc) is 3.36. The van der Waals surface area contributed by atoms with Crippen molar-refractivity contribution >= 4 is 28.6 Å². The van der Waals surface area contributed by atoms with Gasteiger partial charge in [-0.1, -0.05) is 6.07 Å². The van der Waals surface area contributed by atoms with Crippen LogP contribution in [0.15, 0.2) is 60.8 Å². The third-order valence-corrected chi connectivity index (χ3v) is 8.02. The minimum atomic E-state index is -5.42. The molecule has 1 aliphatic heterocycles. The lowest BCUT2D eigenvalue weighted by Crippen LogP contribution is -2.51. The predicted octanol–water partition coefficient (Wildman–Crippen LogP) is 3.39. The van der Waals surface area contributed by atoms with Gasteiger partial charge in [-0.05, 0) is 69.3 Å². The molecule has 1 aliphatic rings. The maximum Gasteiger partial charge on any atom is 0.424 e. The average molecular weight is 656 g/mol. The van der Waals surface area contributed by atoms with Gasteiger partial charge in [0.2, 0.25) is 11.5 Å². The summed E-state index contributed by atoms with van der Waals surface area (Å²) in [5.41, 5.74) is 2.99. The molecular formula is C32H29F4N5O6. The Hall–Kier alpha value is -5.31. The van der Waals surface area contributed by atoms with E-state index < -0.39 is 58.6 Å². The fourth-order valence-corrected chi connectivity index (χ4v) is 4.94. The Bertz CT molecular complexity index is 1920. The number of nitrogens with one attached hydrogen (secondary N) is 1. The van der Waals surface area contributed by atoms with Crippen molar-refractivity contribution in [2.24, 2.45) is 11.5 Å². The highest BCUT2D eigenvalue weighted by Crippen LogP contribution is 2.47. The normalized spacial score (nSPS) is 17.4. The Labute approximate surface area is 264 Å². The predicted molar refractivity (Wildman–Crippen MR) is 160 cm³/mol. The molecule has 0 fully saturated rings. The van der Waals surface area contributed by atoms with Gasteiger partial charge in [0, 0.05) is 28.3 Å². The van der Waals surface area contributed by atoms with Crippen molar-refractivity contribution in [2.45, 2.75) is 43.6 Å². The molecule has 15 heteroatoms. The van der Waals surface area contributed by atoms with Crippen molar-refractivity contribution < 1.29 is 46.5 Å². The number of benzene rings is 2. The third kappa shape index (κ3) is 5.89. The monoisotopic (exact) mass is 655 g/mol. The second kappa shape index (κ2) is 11.5. The number of alkyl halides is 3. The van der Waals surface area contributed by atoms with Gasteiger partial charge in [-0.3, -0.25) is 19.4 Å². The van der Waals surface area contributed by atoms with Crippen molar-refractivity contribution in [3.05, 3.63) is 83.4 Å². The number of amides is 3. The summed E-state index contributed by atoms with van der Waals surface area (Å²) in [6.45, 7) is 2.39. The number of halogens is 4. The number of carbonyl (C=O) groups excluding carboxylic acids is 3. The second-order valence-electron chi connectivity index (χ2n) is 11.8. The van der Waals surface area contributed by atoms with Crippen molar-refractivity contribution in [3.63, 3.8) is 0 Å². The van der Waals surface area contributed by atoms with Gasteiger partial charge in [-0.25, -0.2) is 9.37 Å². The van der Waals surface area contributed by atoms with E-state index in [9.17, 15) is 37.1 Å². The Balaban J connectivity index is 1.57. The smallest absolute Gasteiger partial charge is 0.424 e. The van der Waals surface area contributed by atoms with Crippen LogP contribution in [0, 0.1) is 5.82 Å². The first-order valence-electron chi connectivity index (χ1n) is 14.1. The molecule has 11 nitrogen and oxygen atoms in total. The maximum atomic E-state index is 14.8.